The number of aliphatic hydroxyl groups is 1. The van der Waals surface area contributed by atoms with E-state index in [0.717, 1.165) is 29.1 Å². The second kappa shape index (κ2) is 8.51. The minimum Gasteiger partial charge on any atom is -0.387 e. The van der Waals surface area contributed by atoms with E-state index in [9.17, 15) is 5.11 Å². The largest absolute Gasteiger partial charge is 0.387 e. The monoisotopic (exact) mass is 297 g/mol. The van der Waals surface area contributed by atoms with Gasteiger partial charge in [0.15, 0.2) is 0 Å². The molecule has 0 bridgehead atoms. The Kier molecular flexibility index (Phi) is 6.33. The summed E-state index contributed by atoms with van der Waals surface area (Å²) >= 11 is 1.80. The summed E-state index contributed by atoms with van der Waals surface area (Å²) in [5, 5.41) is 18.5. The molecular weight excluding hydrogens is 278 g/mol. The molecule has 1 N–H and O–H groups in total. The molecule has 21 heavy (non-hydrogen) atoms. The normalized spacial score (nSPS) is 11.8. The summed E-state index contributed by atoms with van der Waals surface area (Å²) in [6.07, 6.45) is 1.67. The van der Waals surface area contributed by atoms with E-state index in [0.29, 0.717) is 0 Å². The molecule has 108 valence electrons. The molecule has 0 heterocycles. The lowest BCUT2D eigenvalue weighted by atomic mass is 10.1. The van der Waals surface area contributed by atoms with Gasteiger partial charge in [-0.3, -0.25) is 0 Å². The van der Waals surface area contributed by atoms with Crippen molar-refractivity contribution in [2.75, 3.05) is 5.75 Å². The summed E-state index contributed by atoms with van der Waals surface area (Å²) in [6.45, 7) is 0. The summed E-state index contributed by atoms with van der Waals surface area (Å²) in [5.74, 6) is 1.05. The van der Waals surface area contributed by atoms with Crippen molar-refractivity contribution in [1.82, 2.24) is 0 Å². The zero-order valence-corrected chi connectivity index (χ0v) is 12.7. The van der Waals surface area contributed by atoms with Crippen LogP contribution in [0, 0.1) is 11.3 Å². The summed E-state index contributed by atoms with van der Waals surface area (Å²) in [4.78, 5) is 1.15. The number of thioether (sulfide) groups is 1. The van der Waals surface area contributed by atoms with Crippen LogP contribution in [-0.2, 0) is 6.42 Å². The van der Waals surface area contributed by atoms with E-state index in [4.69, 9.17) is 5.26 Å². The van der Waals surface area contributed by atoms with Crippen molar-refractivity contribution in [2.24, 2.45) is 0 Å². The highest BCUT2D eigenvalue weighted by atomic mass is 32.2. The zero-order chi connectivity index (χ0) is 14.9. The molecule has 0 amide bonds. The molecule has 0 saturated carbocycles. The second-order valence-electron chi connectivity index (χ2n) is 4.89. The maximum Gasteiger partial charge on any atom is 0.0920 e. The predicted molar refractivity (Wildman–Crippen MR) is 87.1 cm³/mol. The fourth-order valence-corrected chi connectivity index (χ4v) is 3.05. The van der Waals surface area contributed by atoms with Gasteiger partial charge in [0.25, 0.3) is 0 Å². The Hall–Kier alpha value is -1.76. The van der Waals surface area contributed by atoms with E-state index in [-0.39, 0.29) is 6.42 Å². The van der Waals surface area contributed by atoms with Crippen molar-refractivity contribution in [3.63, 3.8) is 0 Å². The Morgan fingerprint density at radius 2 is 1.90 bits per heavy atom. The maximum absolute atomic E-state index is 9.83. The first-order valence-corrected chi connectivity index (χ1v) is 8.10. The number of nitrogens with zero attached hydrogens (tertiary/aromatic N) is 1. The van der Waals surface area contributed by atoms with Crippen LogP contribution < -0.4 is 0 Å². The van der Waals surface area contributed by atoms with Crippen LogP contribution in [-0.4, -0.2) is 10.9 Å². The van der Waals surface area contributed by atoms with Gasteiger partial charge in [0.05, 0.1) is 18.6 Å². The van der Waals surface area contributed by atoms with Gasteiger partial charge in [-0.05, 0) is 41.9 Å². The zero-order valence-electron chi connectivity index (χ0n) is 11.9. The van der Waals surface area contributed by atoms with Crippen LogP contribution in [0.5, 0.6) is 0 Å². The van der Waals surface area contributed by atoms with E-state index in [1.165, 1.54) is 5.56 Å². The summed E-state index contributed by atoms with van der Waals surface area (Å²) < 4.78 is 0. The van der Waals surface area contributed by atoms with Crippen LogP contribution in [0.1, 0.15) is 30.1 Å². The van der Waals surface area contributed by atoms with Gasteiger partial charge in [-0.2, -0.15) is 5.26 Å². The molecule has 0 aromatic heterocycles. The van der Waals surface area contributed by atoms with Gasteiger partial charge in [-0.15, -0.1) is 11.8 Å². The first-order chi connectivity index (χ1) is 10.3. The first-order valence-electron chi connectivity index (χ1n) is 7.11. The number of aliphatic hydroxyl groups excluding tert-OH is 1. The van der Waals surface area contributed by atoms with Gasteiger partial charge < -0.3 is 5.11 Å². The highest BCUT2D eigenvalue weighted by molar-refractivity contribution is 7.99. The van der Waals surface area contributed by atoms with Crippen LogP contribution in [0.3, 0.4) is 0 Å². The predicted octanol–water partition coefficient (Wildman–Crippen LogP) is 4.36. The van der Waals surface area contributed by atoms with Crippen LogP contribution in [0.25, 0.3) is 0 Å². The highest BCUT2D eigenvalue weighted by Gasteiger charge is 2.07. The molecular formula is C18H19NOS. The SMILES string of the molecule is N#CCC(O)c1cccc(SCCCc2ccccc2)c1. The molecule has 0 fully saturated rings. The molecule has 0 radical (unpaired) electrons. The van der Waals surface area contributed by atoms with Gasteiger partial charge in [0.2, 0.25) is 0 Å². The lowest BCUT2D eigenvalue weighted by molar-refractivity contribution is 0.183. The van der Waals surface area contributed by atoms with Crippen molar-refractivity contribution < 1.29 is 5.11 Å². The Balaban J connectivity index is 1.81. The van der Waals surface area contributed by atoms with Crippen LogP contribution >= 0.6 is 11.8 Å². The van der Waals surface area contributed by atoms with E-state index < -0.39 is 6.10 Å². The molecule has 2 aromatic carbocycles. The number of hydrogen-bond acceptors (Lipinski definition) is 3. The fraction of sp³-hybridized carbons (Fsp3) is 0.278. The van der Waals surface area contributed by atoms with Crippen LogP contribution in [0.15, 0.2) is 59.5 Å². The molecule has 0 aliphatic carbocycles. The number of nitriles is 1. The summed E-state index contributed by atoms with van der Waals surface area (Å²) in [5.41, 5.74) is 2.20. The third-order valence-corrected chi connectivity index (χ3v) is 4.33. The molecule has 0 aliphatic heterocycles. The maximum atomic E-state index is 9.83. The van der Waals surface area contributed by atoms with E-state index >= 15 is 0 Å². The molecule has 0 saturated heterocycles. The van der Waals surface area contributed by atoms with Gasteiger partial charge in [-0.1, -0.05) is 42.5 Å². The first kappa shape index (κ1) is 15.6. The summed E-state index contributed by atoms with van der Waals surface area (Å²) in [7, 11) is 0. The topological polar surface area (TPSA) is 44.0 Å². The molecule has 0 spiro atoms. The Labute approximate surface area is 130 Å². The van der Waals surface area contributed by atoms with Crippen LogP contribution in [0.4, 0.5) is 0 Å². The van der Waals surface area contributed by atoms with Crippen molar-refractivity contribution in [3.8, 4) is 6.07 Å². The highest BCUT2D eigenvalue weighted by Crippen LogP contribution is 2.24. The fourth-order valence-electron chi connectivity index (χ4n) is 2.13. The molecule has 2 nitrogen and oxygen atoms in total. The smallest absolute Gasteiger partial charge is 0.0920 e. The van der Waals surface area contributed by atoms with Gasteiger partial charge >= 0.3 is 0 Å². The third-order valence-electron chi connectivity index (χ3n) is 3.25. The number of benzene rings is 2. The van der Waals surface area contributed by atoms with Crippen molar-refractivity contribution in [1.29, 1.82) is 5.26 Å². The van der Waals surface area contributed by atoms with Crippen molar-refractivity contribution in [2.45, 2.75) is 30.3 Å². The van der Waals surface area contributed by atoms with Gasteiger partial charge in [-0.25, -0.2) is 0 Å². The second-order valence-corrected chi connectivity index (χ2v) is 6.06. The minimum atomic E-state index is -0.681. The Bertz CT molecular complexity index is 592. The molecule has 1 unspecified atom stereocenters. The average Bonchev–Trinajstić information content (AvgIpc) is 2.53. The molecule has 1 atom stereocenters. The Morgan fingerprint density at radius 3 is 2.67 bits per heavy atom. The van der Waals surface area contributed by atoms with Crippen molar-refractivity contribution >= 4 is 11.8 Å². The quantitative estimate of drug-likeness (QED) is 0.610. The third kappa shape index (κ3) is 5.26. The molecule has 2 rings (SSSR count). The van der Waals surface area contributed by atoms with E-state index in [2.05, 4.69) is 30.3 Å². The standard InChI is InChI=1S/C18H19NOS/c19-12-11-18(20)16-9-4-10-17(14-16)21-13-5-8-15-6-2-1-3-7-15/h1-4,6-7,9-10,14,18,20H,5,8,11,13H2. The average molecular weight is 297 g/mol. The van der Waals surface area contributed by atoms with E-state index in [1.807, 2.05) is 30.3 Å². The van der Waals surface area contributed by atoms with Crippen LogP contribution in [0.2, 0.25) is 0 Å². The molecule has 0 aliphatic rings. The number of aryl methyl sites for hydroxylation is 1. The summed E-state index contributed by atoms with van der Waals surface area (Å²) in [6, 6.07) is 20.3. The van der Waals surface area contributed by atoms with E-state index in [1.54, 1.807) is 11.8 Å². The molecule has 2 aromatic rings. The number of rotatable bonds is 7. The lowest BCUT2D eigenvalue weighted by Gasteiger charge is -2.09. The van der Waals surface area contributed by atoms with Crippen molar-refractivity contribution in [3.05, 3.63) is 65.7 Å². The Morgan fingerprint density at radius 1 is 1.10 bits per heavy atom. The van der Waals surface area contributed by atoms with Gasteiger partial charge in [0.1, 0.15) is 0 Å². The lowest BCUT2D eigenvalue weighted by Crippen LogP contribution is -1.95. The number of hydrogen-bond donors (Lipinski definition) is 1. The molecule has 3 heteroatoms. The minimum absolute atomic E-state index is 0.141. The van der Waals surface area contributed by atoms with Gasteiger partial charge in [0, 0.05) is 4.90 Å².